The van der Waals surface area contributed by atoms with Crippen molar-refractivity contribution in [2.24, 2.45) is 5.92 Å². The van der Waals surface area contributed by atoms with E-state index in [4.69, 9.17) is 9.47 Å². The molecule has 0 fully saturated rings. The Bertz CT molecular complexity index is 336. The average Bonchev–Trinajstić information content (AvgIpc) is 2.38. The Morgan fingerprint density at radius 1 is 1.47 bits per heavy atom. The standard InChI is InChI=1S/C15H25NO3/c1-12-9-13(2)11-19-15(17)16-8-6-4-5-7-14(10-12)18-3/h5,7,9,12,14H,4,6,8,10-11H2,1-3H3,(H,16,17)/b7-5+,13-9-. The largest absolute Gasteiger partial charge is 0.445 e. The summed E-state index contributed by atoms with van der Waals surface area (Å²) < 4.78 is 10.6. The highest BCUT2D eigenvalue weighted by atomic mass is 16.5. The van der Waals surface area contributed by atoms with Gasteiger partial charge in [-0.15, -0.1) is 0 Å². The number of carbonyl (C=O) groups is 1. The van der Waals surface area contributed by atoms with Crippen LogP contribution < -0.4 is 5.32 Å². The van der Waals surface area contributed by atoms with Gasteiger partial charge in [0.15, 0.2) is 0 Å². The highest BCUT2D eigenvalue weighted by Crippen LogP contribution is 2.14. The molecule has 0 saturated carbocycles. The molecular weight excluding hydrogens is 242 g/mol. The first-order valence-electron chi connectivity index (χ1n) is 6.89. The predicted octanol–water partition coefficient (Wildman–Crippen LogP) is 3.05. The summed E-state index contributed by atoms with van der Waals surface area (Å²) in [5.74, 6) is 0.393. The van der Waals surface area contributed by atoms with Crippen molar-refractivity contribution in [2.75, 3.05) is 20.3 Å². The lowest BCUT2D eigenvalue weighted by Crippen LogP contribution is -2.26. The van der Waals surface area contributed by atoms with Crippen LogP contribution in [0.25, 0.3) is 0 Å². The minimum absolute atomic E-state index is 0.150. The minimum atomic E-state index is -0.337. The van der Waals surface area contributed by atoms with Crippen LogP contribution >= 0.6 is 0 Å². The van der Waals surface area contributed by atoms with Crippen LogP contribution in [0.15, 0.2) is 23.8 Å². The molecule has 1 aliphatic rings. The number of allylic oxidation sites excluding steroid dienone is 2. The van der Waals surface area contributed by atoms with Gasteiger partial charge in [-0.3, -0.25) is 0 Å². The summed E-state index contributed by atoms with van der Waals surface area (Å²) in [6.07, 6.45) is 8.97. The van der Waals surface area contributed by atoms with E-state index in [1.807, 2.05) is 6.92 Å². The van der Waals surface area contributed by atoms with Crippen LogP contribution in [-0.2, 0) is 9.47 Å². The van der Waals surface area contributed by atoms with Crippen molar-refractivity contribution >= 4 is 6.09 Å². The minimum Gasteiger partial charge on any atom is -0.445 e. The molecule has 1 rings (SSSR count). The average molecular weight is 267 g/mol. The van der Waals surface area contributed by atoms with E-state index in [9.17, 15) is 4.79 Å². The van der Waals surface area contributed by atoms with Gasteiger partial charge >= 0.3 is 6.09 Å². The van der Waals surface area contributed by atoms with Crippen molar-refractivity contribution in [3.63, 3.8) is 0 Å². The molecule has 1 aliphatic heterocycles. The fraction of sp³-hybridized carbons (Fsp3) is 0.667. The maximum atomic E-state index is 11.4. The zero-order chi connectivity index (χ0) is 14.1. The molecule has 0 aromatic carbocycles. The summed E-state index contributed by atoms with van der Waals surface area (Å²) in [6, 6.07) is 0. The Kier molecular flexibility index (Phi) is 7.26. The van der Waals surface area contributed by atoms with Gasteiger partial charge in [0.25, 0.3) is 0 Å². The molecule has 4 nitrogen and oxygen atoms in total. The number of carbonyl (C=O) groups excluding carboxylic acids is 1. The highest BCUT2D eigenvalue weighted by Gasteiger charge is 2.09. The van der Waals surface area contributed by atoms with Crippen molar-refractivity contribution in [3.05, 3.63) is 23.8 Å². The molecule has 0 saturated heterocycles. The zero-order valence-corrected chi connectivity index (χ0v) is 12.1. The maximum Gasteiger partial charge on any atom is 0.407 e. The van der Waals surface area contributed by atoms with Crippen LogP contribution in [-0.4, -0.2) is 32.5 Å². The number of methoxy groups -OCH3 is 1. The number of ether oxygens (including phenoxy) is 2. The second-order valence-electron chi connectivity index (χ2n) is 5.07. The van der Waals surface area contributed by atoms with Crippen LogP contribution in [0.1, 0.15) is 33.1 Å². The van der Waals surface area contributed by atoms with E-state index in [0.717, 1.165) is 24.8 Å². The van der Waals surface area contributed by atoms with E-state index < -0.39 is 0 Å². The Morgan fingerprint density at radius 3 is 3.00 bits per heavy atom. The zero-order valence-electron chi connectivity index (χ0n) is 12.1. The molecule has 0 aromatic heterocycles. The third-order valence-electron chi connectivity index (χ3n) is 3.07. The second-order valence-corrected chi connectivity index (χ2v) is 5.07. The summed E-state index contributed by atoms with van der Waals surface area (Å²) in [4.78, 5) is 11.4. The van der Waals surface area contributed by atoms with Crippen molar-refractivity contribution in [2.45, 2.75) is 39.2 Å². The predicted molar refractivity (Wildman–Crippen MR) is 76.1 cm³/mol. The molecule has 0 aliphatic carbocycles. The van der Waals surface area contributed by atoms with Gasteiger partial charge in [0.05, 0.1) is 6.10 Å². The molecule has 108 valence electrons. The first-order chi connectivity index (χ1) is 9.11. The molecule has 1 N–H and O–H groups in total. The fourth-order valence-electron chi connectivity index (χ4n) is 2.11. The number of cyclic esters (lactones) is 1. The molecule has 4 heteroatoms. The van der Waals surface area contributed by atoms with E-state index in [0.29, 0.717) is 19.1 Å². The van der Waals surface area contributed by atoms with Gasteiger partial charge in [0, 0.05) is 13.7 Å². The number of alkyl carbamates (subject to hydrolysis) is 1. The number of hydrogen-bond donors (Lipinski definition) is 1. The van der Waals surface area contributed by atoms with E-state index in [1.165, 1.54) is 0 Å². The van der Waals surface area contributed by atoms with Crippen LogP contribution in [0.3, 0.4) is 0 Å². The van der Waals surface area contributed by atoms with Crippen molar-refractivity contribution < 1.29 is 14.3 Å². The SMILES string of the molecule is COC1/C=C/CCCNC(=O)OC/C(C)=C\C(C)C1. The quantitative estimate of drug-likeness (QED) is 0.743. The third-order valence-corrected chi connectivity index (χ3v) is 3.07. The summed E-state index contributed by atoms with van der Waals surface area (Å²) in [5.41, 5.74) is 1.07. The Hall–Kier alpha value is -1.29. The lowest BCUT2D eigenvalue weighted by atomic mass is 10.0. The Labute approximate surface area is 115 Å². The summed E-state index contributed by atoms with van der Waals surface area (Å²) in [5, 5.41) is 2.74. The van der Waals surface area contributed by atoms with E-state index in [1.54, 1.807) is 7.11 Å². The fourth-order valence-corrected chi connectivity index (χ4v) is 2.11. The van der Waals surface area contributed by atoms with Crippen molar-refractivity contribution in [1.82, 2.24) is 5.32 Å². The number of rotatable bonds is 1. The van der Waals surface area contributed by atoms with E-state index in [2.05, 4.69) is 30.5 Å². The molecule has 0 bridgehead atoms. The van der Waals surface area contributed by atoms with Gasteiger partial charge in [-0.1, -0.05) is 25.2 Å². The lowest BCUT2D eigenvalue weighted by Gasteiger charge is -2.16. The molecule has 19 heavy (non-hydrogen) atoms. The third kappa shape index (κ3) is 7.01. The van der Waals surface area contributed by atoms with Gasteiger partial charge in [0.2, 0.25) is 0 Å². The van der Waals surface area contributed by atoms with E-state index >= 15 is 0 Å². The normalized spacial score (nSPS) is 31.3. The molecular formula is C15H25NO3. The molecule has 2 unspecified atom stereocenters. The maximum absolute atomic E-state index is 11.4. The lowest BCUT2D eigenvalue weighted by molar-refractivity contribution is 0.124. The summed E-state index contributed by atoms with van der Waals surface area (Å²) in [7, 11) is 1.74. The molecule has 0 radical (unpaired) electrons. The van der Waals surface area contributed by atoms with Crippen LogP contribution in [0, 0.1) is 5.92 Å². The van der Waals surface area contributed by atoms with Crippen LogP contribution in [0.4, 0.5) is 4.79 Å². The Morgan fingerprint density at radius 2 is 2.26 bits per heavy atom. The number of hydrogen-bond acceptors (Lipinski definition) is 3. The topological polar surface area (TPSA) is 47.6 Å². The van der Waals surface area contributed by atoms with Crippen molar-refractivity contribution in [3.8, 4) is 0 Å². The van der Waals surface area contributed by atoms with Crippen LogP contribution in [0.5, 0.6) is 0 Å². The van der Waals surface area contributed by atoms with Gasteiger partial charge in [-0.2, -0.15) is 0 Å². The highest BCUT2D eigenvalue weighted by molar-refractivity contribution is 5.67. The van der Waals surface area contributed by atoms with Gasteiger partial charge in [-0.05, 0) is 37.7 Å². The monoisotopic (exact) mass is 267 g/mol. The van der Waals surface area contributed by atoms with Crippen molar-refractivity contribution in [1.29, 1.82) is 0 Å². The van der Waals surface area contributed by atoms with Gasteiger partial charge in [-0.25, -0.2) is 4.79 Å². The van der Waals surface area contributed by atoms with E-state index in [-0.39, 0.29) is 12.2 Å². The molecule has 1 heterocycles. The van der Waals surface area contributed by atoms with Gasteiger partial charge < -0.3 is 14.8 Å². The summed E-state index contributed by atoms with van der Waals surface area (Å²) >= 11 is 0. The summed E-state index contributed by atoms with van der Waals surface area (Å²) in [6.45, 7) is 5.12. The Balaban J connectivity index is 2.65. The smallest absolute Gasteiger partial charge is 0.407 e. The molecule has 0 aromatic rings. The first kappa shape index (κ1) is 15.8. The molecule has 0 spiro atoms. The van der Waals surface area contributed by atoms with Crippen LogP contribution in [0.2, 0.25) is 0 Å². The number of nitrogens with one attached hydrogen (secondary N) is 1. The first-order valence-corrected chi connectivity index (χ1v) is 6.89. The number of amides is 1. The van der Waals surface area contributed by atoms with Gasteiger partial charge in [0.1, 0.15) is 6.61 Å². The molecule has 1 amide bonds. The molecule has 2 atom stereocenters. The second kappa shape index (κ2) is 8.75.